The van der Waals surface area contributed by atoms with Crippen LogP contribution in [0.5, 0.6) is 0 Å². The first-order valence-corrected chi connectivity index (χ1v) is 18.3. The van der Waals surface area contributed by atoms with Crippen molar-refractivity contribution in [2.24, 2.45) is 0 Å². The van der Waals surface area contributed by atoms with E-state index in [4.69, 9.17) is 0 Å². The summed E-state index contributed by atoms with van der Waals surface area (Å²) in [6.45, 7) is 2.88. The summed E-state index contributed by atoms with van der Waals surface area (Å²) in [7, 11) is -2.30. The third-order valence-corrected chi connectivity index (χ3v) is 15.7. The molecule has 3 heterocycles. The first kappa shape index (κ1) is 23.9. The summed E-state index contributed by atoms with van der Waals surface area (Å²) < 4.78 is 2.64. The maximum Gasteiger partial charge on any atom is 0.243 e. The van der Waals surface area contributed by atoms with Crippen LogP contribution in [-0.4, -0.2) is 19.4 Å². The number of aryl methyl sites for hydroxylation is 1. The van der Waals surface area contributed by atoms with Crippen molar-refractivity contribution in [3.05, 3.63) is 127 Å². The lowest BCUT2D eigenvalue weighted by atomic mass is 9.36. The van der Waals surface area contributed by atoms with Gasteiger partial charge >= 0.3 is 0 Å². The number of para-hydroxylation sites is 1. The quantitative estimate of drug-likeness (QED) is 0.273. The molecule has 1 aliphatic carbocycles. The van der Waals surface area contributed by atoms with Gasteiger partial charge in [0.15, 0.2) is 0 Å². The lowest BCUT2D eigenvalue weighted by Gasteiger charge is -2.43. The Labute approximate surface area is 247 Å². The van der Waals surface area contributed by atoms with Crippen LogP contribution in [-0.2, 0) is 12.8 Å². The molecule has 41 heavy (non-hydrogen) atoms. The van der Waals surface area contributed by atoms with Crippen molar-refractivity contribution in [1.29, 1.82) is 0 Å². The Hall–Kier alpha value is -3.73. The zero-order valence-electron chi connectivity index (χ0n) is 23.2. The molecule has 0 radical (unpaired) electrons. The first-order valence-electron chi connectivity index (χ1n) is 14.9. The Morgan fingerprint density at radius 1 is 0.683 bits per heavy atom. The van der Waals surface area contributed by atoms with Gasteiger partial charge in [0.2, 0.25) is 6.71 Å². The highest BCUT2D eigenvalue weighted by molar-refractivity contribution is 8.00. The van der Waals surface area contributed by atoms with Crippen LogP contribution in [0, 0.1) is 0 Å². The van der Waals surface area contributed by atoms with E-state index in [0.717, 1.165) is 6.42 Å². The van der Waals surface area contributed by atoms with E-state index in [1.807, 2.05) is 11.8 Å². The van der Waals surface area contributed by atoms with Crippen LogP contribution in [0.1, 0.15) is 24.1 Å². The molecule has 1 nitrogen and oxygen atoms in total. The fourth-order valence-electron chi connectivity index (χ4n) is 8.17. The van der Waals surface area contributed by atoms with Crippen molar-refractivity contribution in [1.82, 2.24) is 4.57 Å². The van der Waals surface area contributed by atoms with Gasteiger partial charge < -0.3 is 4.57 Å². The van der Waals surface area contributed by atoms with Crippen LogP contribution in [0.3, 0.4) is 0 Å². The highest BCUT2D eigenvalue weighted by atomic mass is 32.2. The molecule has 4 heteroatoms. The minimum Gasteiger partial charge on any atom is -0.313 e. The molecule has 9 rings (SSSR count). The second-order valence-electron chi connectivity index (χ2n) is 12.0. The summed E-state index contributed by atoms with van der Waals surface area (Å²) in [4.78, 5) is 2.83. The largest absolute Gasteiger partial charge is 0.313 e. The molecule has 1 aromatic heterocycles. The van der Waals surface area contributed by atoms with E-state index < -0.39 is 8.07 Å². The monoisotopic (exact) mass is 559 g/mol. The normalized spacial score (nSPS) is 18.4. The summed E-state index contributed by atoms with van der Waals surface area (Å²) in [6.07, 6.45) is 4.91. The average molecular weight is 560 g/mol. The fraction of sp³-hybridized carbons (Fsp3) is 0.135. The second kappa shape index (κ2) is 8.88. The van der Waals surface area contributed by atoms with Gasteiger partial charge in [-0.3, -0.25) is 0 Å². The van der Waals surface area contributed by atoms with Gasteiger partial charge in [-0.2, -0.15) is 0 Å². The summed E-state index contributed by atoms with van der Waals surface area (Å²) in [5.41, 5.74) is 10.3. The van der Waals surface area contributed by atoms with Gasteiger partial charge in [-0.25, -0.2) is 0 Å². The molecule has 6 aromatic rings. The third kappa shape index (κ3) is 3.26. The van der Waals surface area contributed by atoms with Gasteiger partial charge in [0.05, 0.1) is 5.52 Å². The Kier molecular flexibility index (Phi) is 5.18. The minimum absolute atomic E-state index is 0.280. The highest BCUT2D eigenvalue weighted by Crippen LogP contribution is 2.37. The highest BCUT2D eigenvalue weighted by Gasteiger charge is 2.48. The van der Waals surface area contributed by atoms with E-state index in [9.17, 15) is 0 Å². The van der Waals surface area contributed by atoms with Crippen LogP contribution < -0.4 is 31.9 Å². The minimum atomic E-state index is -2.30. The molecule has 1 unspecified atom stereocenters. The lowest BCUT2D eigenvalue weighted by molar-refractivity contribution is 0.667. The van der Waals surface area contributed by atoms with E-state index in [1.165, 1.54) is 67.5 Å². The van der Waals surface area contributed by atoms with Gasteiger partial charge in [0.25, 0.3) is 0 Å². The Bertz CT molecular complexity index is 2010. The fourth-order valence-corrected chi connectivity index (χ4v) is 13.7. The molecule has 0 N–H and O–H groups in total. The Morgan fingerprint density at radius 3 is 2.32 bits per heavy atom. The molecule has 0 bridgehead atoms. The summed E-state index contributed by atoms with van der Waals surface area (Å²) in [6, 6.07) is 44.2. The molecule has 0 spiro atoms. The zero-order valence-corrected chi connectivity index (χ0v) is 25.0. The lowest BCUT2D eigenvalue weighted by Crippen LogP contribution is -2.82. The number of nitrogens with zero attached hydrogens (tertiary/aromatic N) is 1. The van der Waals surface area contributed by atoms with Crippen LogP contribution >= 0.6 is 11.8 Å². The van der Waals surface area contributed by atoms with Crippen LogP contribution in [0.2, 0.25) is 6.55 Å². The van der Waals surface area contributed by atoms with Gasteiger partial charge in [-0.15, -0.1) is 0 Å². The smallest absolute Gasteiger partial charge is 0.243 e. The van der Waals surface area contributed by atoms with Crippen molar-refractivity contribution in [3.8, 4) is 5.69 Å². The third-order valence-electron chi connectivity index (χ3n) is 10.0. The van der Waals surface area contributed by atoms with E-state index in [2.05, 4.69) is 126 Å². The molecular weight excluding hydrogens is 529 g/mol. The van der Waals surface area contributed by atoms with Gasteiger partial charge in [-0.1, -0.05) is 136 Å². The number of aromatic nitrogens is 1. The number of fused-ring (bicyclic) bond motifs is 7. The Balaban J connectivity index is 1.41. The molecule has 5 aromatic carbocycles. The number of benzene rings is 5. The molecule has 0 fully saturated rings. The zero-order chi connectivity index (χ0) is 27.1. The van der Waals surface area contributed by atoms with Crippen molar-refractivity contribution >= 4 is 69.4 Å². The first-order chi connectivity index (χ1) is 20.2. The number of hydrogen-bond acceptors (Lipinski definition) is 1. The predicted molar refractivity (Wildman–Crippen MR) is 179 cm³/mol. The van der Waals surface area contributed by atoms with Gasteiger partial charge in [-0.05, 0) is 60.7 Å². The van der Waals surface area contributed by atoms with Crippen molar-refractivity contribution in [3.63, 3.8) is 0 Å². The number of rotatable bonds is 2. The number of hydrogen-bond donors (Lipinski definition) is 0. The molecule has 3 aliphatic rings. The van der Waals surface area contributed by atoms with Crippen molar-refractivity contribution in [2.75, 3.05) is 0 Å². The topological polar surface area (TPSA) is 4.93 Å². The van der Waals surface area contributed by atoms with Crippen LogP contribution in [0.25, 0.3) is 16.6 Å². The molecular formula is C37H30BNSSi. The molecule has 1 atom stereocenters. The van der Waals surface area contributed by atoms with E-state index in [1.54, 1.807) is 21.4 Å². The van der Waals surface area contributed by atoms with Gasteiger partial charge in [0, 0.05) is 26.6 Å². The van der Waals surface area contributed by atoms with Crippen LogP contribution in [0.4, 0.5) is 0 Å². The SMILES string of the molecule is C[Si]1(c2ccccc2)c2ccccc2B2c3ccccc3Sc3cc(-n4c5c(c6ccccc64)CCCC5)cc1c32. The van der Waals surface area contributed by atoms with E-state index in [-0.39, 0.29) is 6.71 Å². The molecule has 2 aliphatic heterocycles. The molecule has 0 amide bonds. The predicted octanol–water partition coefficient (Wildman–Crippen LogP) is 4.90. The molecule has 196 valence electrons. The van der Waals surface area contributed by atoms with Gasteiger partial charge in [0.1, 0.15) is 8.07 Å². The van der Waals surface area contributed by atoms with E-state index >= 15 is 0 Å². The van der Waals surface area contributed by atoms with Crippen LogP contribution in [0.15, 0.2) is 125 Å². The second-order valence-corrected chi connectivity index (χ2v) is 17.0. The van der Waals surface area contributed by atoms with Crippen molar-refractivity contribution < 1.29 is 0 Å². The average Bonchev–Trinajstić information content (AvgIpc) is 3.37. The van der Waals surface area contributed by atoms with E-state index in [0.29, 0.717) is 0 Å². The maximum absolute atomic E-state index is 2.64. The standard InChI is InChI=1S/C37H30BNSSi/c1-41(26-13-3-2-4-14-26)35-22-12-8-18-30(35)38-29-17-7-11-21-33(29)40-34-23-25(24-36(41)37(34)38)39-31-19-9-5-15-27(31)28-16-6-10-20-32(28)39/h2-5,7-9,11-15,17-19,21-24H,6,10,16,20H2,1H3. The summed E-state index contributed by atoms with van der Waals surface area (Å²) in [5, 5.41) is 6.09. The Morgan fingerprint density at radius 2 is 1.41 bits per heavy atom. The van der Waals surface area contributed by atoms with Crippen molar-refractivity contribution in [2.45, 2.75) is 42.0 Å². The molecule has 0 saturated heterocycles. The maximum atomic E-state index is 2.64. The molecule has 0 saturated carbocycles. The summed E-state index contributed by atoms with van der Waals surface area (Å²) in [5.74, 6) is 0. The summed E-state index contributed by atoms with van der Waals surface area (Å²) >= 11 is 1.98.